The Morgan fingerprint density at radius 3 is 2.55 bits per heavy atom. The Balaban J connectivity index is 1.27. The Morgan fingerprint density at radius 2 is 1.79 bits per heavy atom. The number of nitrogens with zero attached hydrogens (tertiary/aromatic N) is 3. The van der Waals surface area contributed by atoms with Gasteiger partial charge in [0.05, 0.1) is 19.2 Å². The molecule has 4 aromatic carbocycles. The van der Waals surface area contributed by atoms with Crippen LogP contribution in [0, 0.1) is 0 Å². The van der Waals surface area contributed by atoms with Crippen molar-refractivity contribution < 1.29 is 23.5 Å². The first kappa shape index (κ1) is 27.2. The quantitative estimate of drug-likeness (QED) is 0.204. The van der Waals surface area contributed by atoms with Gasteiger partial charge in [0.25, 0.3) is 11.8 Å². The molecule has 9 heteroatoms. The molecule has 1 aliphatic heterocycles. The molecule has 6 rings (SSSR count). The number of benzene rings is 4. The fraction of sp³-hybridized carbons (Fsp3) is 0.152. The summed E-state index contributed by atoms with van der Waals surface area (Å²) >= 11 is 6.17. The number of ether oxygens (including phenoxy) is 1. The van der Waals surface area contributed by atoms with Crippen LogP contribution < -0.4 is 9.64 Å². The van der Waals surface area contributed by atoms with Gasteiger partial charge in [0, 0.05) is 22.7 Å². The lowest BCUT2D eigenvalue weighted by molar-refractivity contribution is -0.122. The smallest absolute Gasteiger partial charge is 0.257 e. The molecule has 1 atom stereocenters. The molecule has 0 spiro atoms. The Morgan fingerprint density at radius 1 is 1.00 bits per heavy atom. The molecule has 42 heavy (non-hydrogen) atoms. The number of halogens is 1. The minimum atomic E-state index is -0.966. The fourth-order valence-corrected chi connectivity index (χ4v) is 5.36. The molecule has 1 fully saturated rings. The highest BCUT2D eigenvalue weighted by Gasteiger charge is 2.44. The van der Waals surface area contributed by atoms with Gasteiger partial charge >= 0.3 is 0 Å². The van der Waals surface area contributed by atoms with Crippen LogP contribution >= 0.6 is 11.6 Å². The number of imide groups is 1. The van der Waals surface area contributed by atoms with E-state index in [9.17, 15) is 14.4 Å². The number of methoxy groups -OCH3 is 1. The molecule has 0 saturated carbocycles. The zero-order chi connectivity index (χ0) is 29.2. The normalized spacial score (nSPS) is 14.9. The average Bonchev–Trinajstić information content (AvgIpc) is 3.57. The van der Waals surface area contributed by atoms with Gasteiger partial charge in [-0.1, -0.05) is 41.9 Å². The zero-order valence-electron chi connectivity index (χ0n) is 22.7. The number of hydrogen-bond acceptors (Lipinski definition) is 6. The Bertz CT molecular complexity index is 1770. The first-order chi connectivity index (χ1) is 20.4. The first-order valence-electron chi connectivity index (χ1n) is 13.4. The highest BCUT2D eigenvalue weighted by molar-refractivity contribution is 6.30. The summed E-state index contributed by atoms with van der Waals surface area (Å²) in [6.45, 7) is 0.213. The largest absolute Gasteiger partial charge is 0.497 e. The lowest BCUT2D eigenvalue weighted by atomic mass is 10.1. The number of anilines is 1. The van der Waals surface area contributed by atoms with Gasteiger partial charge in [0.15, 0.2) is 5.58 Å². The Labute approximate surface area is 247 Å². The minimum Gasteiger partial charge on any atom is -0.497 e. The van der Waals surface area contributed by atoms with Crippen LogP contribution in [0.2, 0.25) is 5.02 Å². The third kappa shape index (κ3) is 5.36. The van der Waals surface area contributed by atoms with Crippen LogP contribution in [0.3, 0.4) is 0 Å². The van der Waals surface area contributed by atoms with Crippen LogP contribution in [-0.2, 0) is 16.0 Å². The number of carbonyl (C=O) groups excluding carboxylic acids is 3. The van der Waals surface area contributed by atoms with E-state index in [2.05, 4.69) is 4.98 Å². The molecule has 0 radical (unpaired) electrons. The topological polar surface area (TPSA) is 92.9 Å². The molecule has 1 aliphatic rings. The average molecular weight is 580 g/mol. The van der Waals surface area contributed by atoms with Gasteiger partial charge in [0.2, 0.25) is 11.8 Å². The fourth-order valence-electron chi connectivity index (χ4n) is 5.14. The van der Waals surface area contributed by atoms with E-state index in [1.807, 2.05) is 42.5 Å². The van der Waals surface area contributed by atoms with E-state index in [1.165, 1.54) is 12.0 Å². The van der Waals surface area contributed by atoms with Crippen molar-refractivity contribution in [2.75, 3.05) is 18.6 Å². The molecule has 210 valence electrons. The van der Waals surface area contributed by atoms with E-state index < -0.39 is 11.9 Å². The summed E-state index contributed by atoms with van der Waals surface area (Å²) in [7, 11) is 1.52. The van der Waals surface area contributed by atoms with Crippen molar-refractivity contribution in [3.05, 3.63) is 113 Å². The van der Waals surface area contributed by atoms with E-state index in [1.54, 1.807) is 54.6 Å². The van der Waals surface area contributed by atoms with Gasteiger partial charge in [-0.05, 0) is 78.7 Å². The summed E-state index contributed by atoms with van der Waals surface area (Å²) in [5.74, 6) is -0.251. The Kier molecular flexibility index (Phi) is 7.46. The highest BCUT2D eigenvalue weighted by atomic mass is 35.5. The number of aromatic nitrogens is 1. The molecular formula is C33H26ClN3O5. The molecule has 3 amide bonds. The van der Waals surface area contributed by atoms with E-state index in [0.717, 1.165) is 16.0 Å². The number of amides is 3. The van der Waals surface area contributed by atoms with Crippen LogP contribution in [0.1, 0.15) is 22.3 Å². The first-order valence-corrected chi connectivity index (χ1v) is 13.8. The van der Waals surface area contributed by atoms with Crippen molar-refractivity contribution in [3.63, 3.8) is 0 Å². The molecule has 8 nitrogen and oxygen atoms in total. The third-order valence-electron chi connectivity index (χ3n) is 7.27. The SMILES string of the molecule is COc1cccc(C(=O)N(CCc2cccc(Cl)c2)C2CC(=O)N(c3ccc(-c4nc5ccccc5o4)cc3)C2=O)c1. The number of fused-ring (bicyclic) bond motifs is 1. The van der Waals surface area contributed by atoms with Crippen molar-refractivity contribution in [1.82, 2.24) is 9.88 Å². The molecule has 2 heterocycles. The van der Waals surface area contributed by atoms with Crippen LogP contribution in [0.5, 0.6) is 5.75 Å². The number of para-hydroxylation sites is 2. The molecule has 0 N–H and O–H groups in total. The van der Waals surface area contributed by atoms with Crippen LogP contribution in [0.4, 0.5) is 5.69 Å². The summed E-state index contributed by atoms with van der Waals surface area (Å²) in [5, 5.41) is 0.581. The predicted molar refractivity (Wildman–Crippen MR) is 160 cm³/mol. The molecule has 0 aliphatic carbocycles. The summed E-state index contributed by atoms with van der Waals surface area (Å²) < 4.78 is 11.1. The van der Waals surface area contributed by atoms with Crippen LogP contribution in [0.25, 0.3) is 22.6 Å². The van der Waals surface area contributed by atoms with E-state index in [4.69, 9.17) is 20.8 Å². The van der Waals surface area contributed by atoms with Crippen molar-refractivity contribution >= 4 is 46.1 Å². The lowest BCUT2D eigenvalue weighted by Crippen LogP contribution is -2.46. The Hall–Kier alpha value is -4.95. The van der Waals surface area contributed by atoms with Crippen LogP contribution in [0.15, 0.2) is 101 Å². The molecule has 1 unspecified atom stereocenters. The standard InChI is InChI=1S/C33H26ClN3O5/c1-41-26-9-5-7-23(19-26)32(39)36(17-16-21-6-4-8-24(34)18-21)28-20-30(38)37(33(28)40)25-14-12-22(13-15-25)31-35-27-10-2-3-11-29(27)42-31/h2-15,18-19,28H,16-17,20H2,1H3. The zero-order valence-corrected chi connectivity index (χ0v) is 23.5. The summed E-state index contributed by atoms with van der Waals surface area (Å²) in [5.41, 5.74) is 3.81. The second-order valence-electron chi connectivity index (χ2n) is 9.93. The molecule has 1 saturated heterocycles. The van der Waals surface area contributed by atoms with Crippen molar-refractivity contribution in [1.29, 1.82) is 0 Å². The van der Waals surface area contributed by atoms with E-state index in [0.29, 0.717) is 45.5 Å². The molecule has 1 aromatic heterocycles. The number of carbonyl (C=O) groups is 3. The summed E-state index contributed by atoms with van der Waals surface area (Å²) in [6, 6.07) is 27.5. The number of hydrogen-bond donors (Lipinski definition) is 0. The van der Waals surface area contributed by atoms with Gasteiger partial charge in [-0.3, -0.25) is 14.4 Å². The van der Waals surface area contributed by atoms with E-state index >= 15 is 0 Å². The highest BCUT2D eigenvalue weighted by Crippen LogP contribution is 2.31. The number of oxazole rings is 1. The molecule has 0 bridgehead atoms. The lowest BCUT2D eigenvalue weighted by Gasteiger charge is -2.28. The maximum Gasteiger partial charge on any atom is 0.257 e. The van der Waals surface area contributed by atoms with Gasteiger partial charge in [-0.15, -0.1) is 0 Å². The van der Waals surface area contributed by atoms with Gasteiger partial charge in [-0.2, -0.15) is 0 Å². The summed E-state index contributed by atoms with van der Waals surface area (Å²) in [6.07, 6.45) is 0.324. The van der Waals surface area contributed by atoms with Gasteiger partial charge < -0.3 is 14.1 Å². The minimum absolute atomic E-state index is 0.128. The van der Waals surface area contributed by atoms with Gasteiger partial charge in [0.1, 0.15) is 17.3 Å². The maximum atomic E-state index is 13.8. The number of rotatable bonds is 8. The van der Waals surface area contributed by atoms with Crippen molar-refractivity contribution in [2.45, 2.75) is 18.9 Å². The van der Waals surface area contributed by atoms with Crippen LogP contribution in [-0.4, -0.2) is 47.3 Å². The van der Waals surface area contributed by atoms with Crippen molar-refractivity contribution in [2.24, 2.45) is 0 Å². The third-order valence-corrected chi connectivity index (χ3v) is 7.51. The second-order valence-corrected chi connectivity index (χ2v) is 10.4. The second kappa shape index (κ2) is 11.5. The monoisotopic (exact) mass is 579 g/mol. The molecular weight excluding hydrogens is 554 g/mol. The van der Waals surface area contributed by atoms with Crippen molar-refractivity contribution in [3.8, 4) is 17.2 Å². The predicted octanol–water partition coefficient (Wildman–Crippen LogP) is 6.17. The van der Waals surface area contributed by atoms with E-state index in [-0.39, 0.29) is 24.8 Å². The summed E-state index contributed by atoms with van der Waals surface area (Å²) in [4.78, 5) is 48.0. The van der Waals surface area contributed by atoms with Gasteiger partial charge in [-0.25, -0.2) is 9.88 Å². The molecule has 5 aromatic rings. The maximum absolute atomic E-state index is 13.8.